The first-order chi connectivity index (χ1) is 17.0. The van der Waals surface area contributed by atoms with E-state index in [2.05, 4.69) is 71.4 Å². The largest absolute Gasteiger partial charge is 0.497 e. The van der Waals surface area contributed by atoms with Gasteiger partial charge >= 0.3 is 0 Å². The molecular formula is C30H41N3O2. The third kappa shape index (κ3) is 5.12. The van der Waals surface area contributed by atoms with Crippen molar-refractivity contribution in [3.05, 3.63) is 65.7 Å². The fourth-order valence-electron chi connectivity index (χ4n) is 7.02. The average Bonchev–Trinajstić information content (AvgIpc) is 3.46. The first kappa shape index (κ1) is 24.3. The Labute approximate surface area is 210 Å². The number of carbonyl (C=O) groups excluding carboxylic acids is 1. The number of nitrogens with one attached hydrogen (secondary N) is 1. The summed E-state index contributed by atoms with van der Waals surface area (Å²) in [5, 5.41) is 3.70. The van der Waals surface area contributed by atoms with Gasteiger partial charge in [0.05, 0.1) is 7.11 Å². The number of hydrogen-bond acceptors (Lipinski definition) is 4. The van der Waals surface area contributed by atoms with Gasteiger partial charge in [0.1, 0.15) is 5.75 Å². The number of likely N-dealkylation sites (tertiary alicyclic amines) is 2. The Morgan fingerprint density at radius 2 is 1.74 bits per heavy atom. The van der Waals surface area contributed by atoms with Crippen molar-refractivity contribution in [1.82, 2.24) is 15.1 Å². The van der Waals surface area contributed by atoms with Crippen LogP contribution in [0.4, 0.5) is 0 Å². The third-order valence-corrected chi connectivity index (χ3v) is 8.83. The van der Waals surface area contributed by atoms with Gasteiger partial charge in [-0.2, -0.15) is 0 Å². The molecule has 0 saturated carbocycles. The van der Waals surface area contributed by atoms with Crippen molar-refractivity contribution in [2.75, 3.05) is 39.8 Å². The van der Waals surface area contributed by atoms with Crippen LogP contribution in [0.25, 0.3) is 0 Å². The Morgan fingerprint density at radius 1 is 1.03 bits per heavy atom. The van der Waals surface area contributed by atoms with Crippen molar-refractivity contribution in [2.24, 2.45) is 17.3 Å². The molecule has 1 N–H and O–H groups in total. The number of benzene rings is 2. The summed E-state index contributed by atoms with van der Waals surface area (Å²) in [5.74, 6) is 2.99. The number of rotatable bonds is 7. The first-order valence-corrected chi connectivity index (χ1v) is 13.4. The summed E-state index contributed by atoms with van der Waals surface area (Å²) >= 11 is 0. The highest BCUT2D eigenvalue weighted by Crippen LogP contribution is 2.44. The van der Waals surface area contributed by atoms with Crippen molar-refractivity contribution >= 4 is 5.91 Å². The standard InChI is InChI=1S/C30H41N3O2/c1-22(2)29(27-19-31-18-26(27)24-7-5-4-6-8-24)32-15-13-30(14-16-32)17-28(34)33(21-30)20-23-9-11-25(35-3)12-10-23/h4-12,22,26-27,29,31H,13-21H2,1-3H3/t26-,27-,29?/m1/s1. The lowest BCUT2D eigenvalue weighted by atomic mass is 9.74. The van der Waals surface area contributed by atoms with Gasteiger partial charge in [-0.25, -0.2) is 0 Å². The summed E-state index contributed by atoms with van der Waals surface area (Å²) in [6.45, 7) is 10.8. The number of amides is 1. The van der Waals surface area contributed by atoms with Gasteiger partial charge in [0.25, 0.3) is 0 Å². The zero-order chi connectivity index (χ0) is 24.4. The van der Waals surface area contributed by atoms with Crippen molar-refractivity contribution < 1.29 is 9.53 Å². The van der Waals surface area contributed by atoms with E-state index >= 15 is 0 Å². The van der Waals surface area contributed by atoms with Crippen LogP contribution in [0.2, 0.25) is 0 Å². The topological polar surface area (TPSA) is 44.8 Å². The Hall–Kier alpha value is -2.37. The highest BCUT2D eigenvalue weighted by molar-refractivity contribution is 5.79. The highest BCUT2D eigenvalue weighted by Gasteiger charge is 2.47. The summed E-state index contributed by atoms with van der Waals surface area (Å²) in [4.78, 5) is 17.8. The van der Waals surface area contributed by atoms with E-state index in [0.29, 0.717) is 42.7 Å². The van der Waals surface area contributed by atoms with Gasteiger partial charge in [-0.05, 0) is 66.4 Å². The fraction of sp³-hybridized carbons (Fsp3) is 0.567. The van der Waals surface area contributed by atoms with Gasteiger partial charge in [0.15, 0.2) is 0 Å². The van der Waals surface area contributed by atoms with Gasteiger partial charge in [-0.3, -0.25) is 9.69 Å². The molecule has 5 rings (SSSR count). The molecule has 3 fully saturated rings. The van der Waals surface area contributed by atoms with Gasteiger partial charge in [0, 0.05) is 44.6 Å². The molecule has 188 valence electrons. The van der Waals surface area contributed by atoms with E-state index in [4.69, 9.17) is 4.74 Å². The molecule has 0 aromatic heterocycles. The first-order valence-electron chi connectivity index (χ1n) is 13.4. The quantitative estimate of drug-likeness (QED) is 0.639. The zero-order valence-corrected chi connectivity index (χ0v) is 21.6. The number of ether oxygens (including phenoxy) is 1. The second kappa shape index (κ2) is 10.3. The molecule has 1 unspecified atom stereocenters. The molecule has 2 aromatic rings. The van der Waals surface area contributed by atoms with E-state index in [1.54, 1.807) is 7.11 Å². The lowest BCUT2D eigenvalue weighted by Crippen LogP contribution is -2.52. The van der Waals surface area contributed by atoms with Crippen LogP contribution in [0, 0.1) is 17.3 Å². The molecule has 0 radical (unpaired) electrons. The second-order valence-electron chi connectivity index (χ2n) is 11.4. The monoisotopic (exact) mass is 475 g/mol. The Morgan fingerprint density at radius 3 is 2.40 bits per heavy atom. The van der Waals surface area contributed by atoms with Crippen LogP contribution in [0.15, 0.2) is 54.6 Å². The maximum absolute atomic E-state index is 13.0. The maximum atomic E-state index is 13.0. The molecule has 3 atom stereocenters. The van der Waals surface area contributed by atoms with Crippen LogP contribution in [0.5, 0.6) is 5.75 Å². The minimum Gasteiger partial charge on any atom is -0.497 e. The summed E-state index contributed by atoms with van der Waals surface area (Å²) in [7, 11) is 1.68. The van der Waals surface area contributed by atoms with Crippen molar-refractivity contribution in [1.29, 1.82) is 0 Å². The minimum atomic E-state index is 0.147. The molecule has 3 heterocycles. The molecule has 5 nitrogen and oxygen atoms in total. The predicted octanol–water partition coefficient (Wildman–Crippen LogP) is 4.54. The Balaban J connectivity index is 1.23. The Bertz CT molecular complexity index is 982. The molecule has 2 aromatic carbocycles. The fourth-order valence-corrected chi connectivity index (χ4v) is 7.02. The van der Waals surface area contributed by atoms with Crippen molar-refractivity contribution in [2.45, 2.75) is 51.6 Å². The molecular weight excluding hydrogens is 434 g/mol. The van der Waals surface area contributed by atoms with E-state index in [1.807, 2.05) is 12.1 Å². The molecule has 3 aliphatic rings. The molecule has 0 bridgehead atoms. The van der Waals surface area contributed by atoms with Gasteiger partial charge in [-0.15, -0.1) is 0 Å². The number of nitrogens with zero attached hydrogens (tertiary/aromatic N) is 2. The van der Waals surface area contributed by atoms with Gasteiger partial charge < -0.3 is 15.0 Å². The minimum absolute atomic E-state index is 0.147. The Kier molecular flexibility index (Phi) is 7.17. The van der Waals surface area contributed by atoms with Crippen LogP contribution in [0.3, 0.4) is 0 Å². The summed E-state index contributed by atoms with van der Waals surface area (Å²) in [6.07, 6.45) is 2.95. The zero-order valence-electron chi connectivity index (χ0n) is 21.6. The average molecular weight is 476 g/mol. The number of hydrogen-bond donors (Lipinski definition) is 1. The van der Waals surface area contributed by atoms with Gasteiger partial charge in [-0.1, -0.05) is 56.3 Å². The number of piperidine rings is 1. The molecule has 3 saturated heterocycles. The molecule has 5 heteroatoms. The molecule has 1 amide bonds. The summed E-state index contributed by atoms with van der Waals surface area (Å²) in [6, 6.07) is 19.8. The lowest BCUT2D eigenvalue weighted by Gasteiger charge is -2.46. The third-order valence-electron chi connectivity index (χ3n) is 8.83. The van der Waals surface area contributed by atoms with Crippen LogP contribution in [-0.4, -0.2) is 61.6 Å². The van der Waals surface area contributed by atoms with Crippen LogP contribution >= 0.6 is 0 Å². The normalized spacial score (nSPS) is 25.5. The smallest absolute Gasteiger partial charge is 0.223 e. The van der Waals surface area contributed by atoms with Crippen LogP contribution < -0.4 is 10.1 Å². The van der Waals surface area contributed by atoms with Crippen molar-refractivity contribution in [3.63, 3.8) is 0 Å². The van der Waals surface area contributed by atoms with E-state index in [0.717, 1.165) is 51.3 Å². The number of carbonyl (C=O) groups is 1. The van der Waals surface area contributed by atoms with E-state index < -0.39 is 0 Å². The molecule has 1 spiro atoms. The molecule has 35 heavy (non-hydrogen) atoms. The van der Waals surface area contributed by atoms with E-state index in [1.165, 1.54) is 11.1 Å². The summed E-state index contributed by atoms with van der Waals surface area (Å²) in [5.41, 5.74) is 2.79. The molecule has 3 aliphatic heterocycles. The van der Waals surface area contributed by atoms with E-state index in [-0.39, 0.29) is 5.41 Å². The SMILES string of the molecule is COc1ccc(CN2CC3(CCN(C(C(C)C)[C@@H]4CNC[C@@H]4c4ccccc4)CC3)CC2=O)cc1. The van der Waals surface area contributed by atoms with Crippen LogP contribution in [0.1, 0.15) is 50.2 Å². The highest BCUT2D eigenvalue weighted by atomic mass is 16.5. The van der Waals surface area contributed by atoms with Gasteiger partial charge in [0.2, 0.25) is 5.91 Å². The lowest BCUT2D eigenvalue weighted by molar-refractivity contribution is -0.128. The maximum Gasteiger partial charge on any atom is 0.223 e. The summed E-state index contributed by atoms with van der Waals surface area (Å²) < 4.78 is 5.28. The van der Waals surface area contributed by atoms with E-state index in [9.17, 15) is 4.79 Å². The second-order valence-corrected chi connectivity index (χ2v) is 11.4. The predicted molar refractivity (Wildman–Crippen MR) is 140 cm³/mol. The molecule has 0 aliphatic carbocycles. The number of methoxy groups -OCH3 is 1. The van der Waals surface area contributed by atoms with Crippen molar-refractivity contribution in [3.8, 4) is 5.75 Å². The van der Waals surface area contributed by atoms with Crippen LogP contribution in [-0.2, 0) is 11.3 Å².